The van der Waals surface area contributed by atoms with E-state index in [1.165, 1.54) is 25.3 Å². The molecule has 160 valence electrons. The number of sulfonamides is 1. The first-order valence-electron chi connectivity index (χ1n) is 9.28. The number of rotatable bonds is 9. The second-order valence-electron chi connectivity index (χ2n) is 6.84. The molecule has 0 spiro atoms. The lowest BCUT2D eigenvalue weighted by Crippen LogP contribution is -2.37. The first-order valence-corrected chi connectivity index (χ1v) is 11.1. The fourth-order valence-corrected chi connectivity index (χ4v) is 3.99. The molecule has 2 aromatic carbocycles. The van der Waals surface area contributed by atoms with Crippen molar-refractivity contribution in [3.05, 3.63) is 58.6 Å². The van der Waals surface area contributed by atoms with Crippen LogP contribution in [0.4, 0.5) is 0 Å². The van der Waals surface area contributed by atoms with E-state index in [-0.39, 0.29) is 41.2 Å². The smallest absolute Gasteiger partial charge is 0.251 e. The Bertz CT molecular complexity index is 1040. The zero-order chi connectivity index (χ0) is 21.7. The number of carbonyl (C=O) groups excluding carboxylic acids is 2. The average Bonchev–Trinajstić information content (AvgIpc) is 3.55. The van der Waals surface area contributed by atoms with Crippen molar-refractivity contribution in [3.8, 4) is 5.75 Å². The fraction of sp³-hybridized carbons (Fsp3) is 0.300. The third-order valence-electron chi connectivity index (χ3n) is 4.45. The molecule has 0 atom stereocenters. The maximum Gasteiger partial charge on any atom is 0.251 e. The highest BCUT2D eigenvalue weighted by molar-refractivity contribution is 7.89. The molecule has 2 amide bonds. The SMILES string of the molecule is COc1ccc(C(=O)NCC(=O)NC2CC2)cc1S(=O)(=O)NCc1ccc(Cl)cc1. The minimum absolute atomic E-state index is 0.0421. The number of carbonyl (C=O) groups is 2. The topological polar surface area (TPSA) is 114 Å². The molecule has 30 heavy (non-hydrogen) atoms. The Kier molecular flexibility index (Phi) is 6.96. The standard InChI is InChI=1S/C20H22ClN3O5S/c1-29-17-9-4-14(20(26)22-12-19(25)24-16-7-8-16)10-18(17)30(27,28)23-11-13-2-5-15(21)6-3-13/h2-6,9-10,16,23H,7-8,11-12H2,1H3,(H,22,26)(H,24,25). The molecule has 0 unspecified atom stereocenters. The highest BCUT2D eigenvalue weighted by atomic mass is 35.5. The second kappa shape index (κ2) is 9.46. The number of nitrogens with one attached hydrogen (secondary N) is 3. The molecule has 0 heterocycles. The Morgan fingerprint density at radius 3 is 2.47 bits per heavy atom. The molecule has 0 aromatic heterocycles. The summed E-state index contributed by atoms with van der Waals surface area (Å²) in [4.78, 5) is 23.9. The predicted molar refractivity (Wildman–Crippen MR) is 112 cm³/mol. The summed E-state index contributed by atoms with van der Waals surface area (Å²) >= 11 is 5.84. The van der Waals surface area contributed by atoms with Crippen LogP contribution in [0.2, 0.25) is 5.02 Å². The van der Waals surface area contributed by atoms with Crippen LogP contribution in [-0.2, 0) is 21.4 Å². The minimum atomic E-state index is -3.97. The lowest BCUT2D eigenvalue weighted by atomic mass is 10.2. The molecule has 1 aliphatic carbocycles. The highest BCUT2D eigenvalue weighted by Crippen LogP contribution is 2.25. The van der Waals surface area contributed by atoms with Crippen LogP contribution < -0.4 is 20.1 Å². The molecule has 0 bridgehead atoms. The Labute approximate surface area is 180 Å². The molecule has 1 fully saturated rings. The molecule has 0 radical (unpaired) electrons. The third kappa shape index (κ3) is 5.94. The quantitative estimate of drug-likeness (QED) is 0.538. The van der Waals surface area contributed by atoms with Crippen LogP contribution >= 0.6 is 11.6 Å². The maximum absolute atomic E-state index is 12.8. The van der Waals surface area contributed by atoms with Crippen molar-refractivity contribution in [1.82, 2.24) is 15.4 Å². The second-order valence-corrected chi connectivity index (χ2v) is 9.01. The van der Waals surface area contributed by atoms with Gasteiger partial charge in [-0.15, -0.1) is 0 Å². The van der Waals surface area contributed by atoms with Crippen molar-refractivity contribution in [2.75, 3.05) is 13.7 Å². The number of halogens is 1. The lowest BCUT2D eigenvalue weighted by Gasteiger charge is -2.13. The van der Waals surface area contributed by atoms with Gasteiger partial charge in [0.2, 0.25) is 15.9 Å². The van der Waals surface area contributed by atoms with Gasteiger partial charge in [-0.3, -0.25) is 9.59 Å². The van der Waals surface area contributed by atoms with Crippen molar-refractivity contribution in [1.29, 1.82) is 0 Å². The monoisotopic (exact) mass is 451 g/mol. The molecule has 1 aliphatic rings. The molecule has 0 aliphatic heterocycles. The van der Waals surface area contributed by atoms with Gasteiger partial charge in [-0.1, -0.05) is 23.7 Å². The van der Waals surface area contributed by atoms with E-state index in [4.69, 9.17) is 16.3 Å². The summed E-state index contributed by atoms with van der Waals surface area (Å²) < 4.78 is 33.3. The zero-order valence-electron chi connectivity index (χ0n) is 16.3. The zero-order valence-corrected chi connectivity index (χ0v) is 17.8. The molecule has 1 saturated carbocycles. The van der Waals surface area contributed by atoms with Crippen LogP contribution in [0.15, 0.2) is 47.4 Å². The summed E-state index contributed by atoms with van der Waals surface area (Å²) in [7, 11) is -2.63. The van der Waals surface area contributed by atoms with Crippen molar-refractivity contribution >= 4 is 33.4 Å². The first-order chi connectivity index (χ1) is 14.3. The van der Waals surface area contributed by atoms with Gasteiger partial charge >= 0.3 is 0 Å². The van der Waals surface area contributed by atoms with Crippen molar-refractivity contribution in [3.63, 3.8) is 0 Å². The molecule has 10 heteroatoms. The largest absolute Gasteiger partial charge is 0.495 e. The number of hydrogen-bond acceptors (Lipinski definition) is 5. The van der Waals surface area contributed by atoms with Gasteiger partial charge in [0.15, 0.2) is 0 Å². The van der Waals surface area contributed by atoms with Crippen LogP contribution in [0.3, 0.4) is 0 Å². The summed E-state index contributed by atoms with van der Waals surface area (Å²) in [6, 6.07) is 11.0. The fourth-order valence-electron chi connectivity index (χ4n) is 2.66. The Morgan fingerprint density at radius 1 is 1.13 bits per heavy atom. The molecular formula is C20H22ClN3O5S. The minimum Gasteiger partial charge on any atom is -0.495 e. The predicted octanol–water partition coefficient (Wildman–Crippen LogP) is 1.84. The number of amides is 2. The van der Waals surface area contributed by atoms with E-state index in [0.717, 1.165) is 18.4 Å². The number of hydrogen-bond donors (Lipinski definition) is 3. The summed E-state index contributed by atoms with van der Waals surface area (Å²) in [5.41, 5.74) is 0.819. The molecule has 2 aromatic rings. The Balaban J connectivity index is 1.71. The summed E-state index contributed by atoms with van der Waals surface area (Å²) in [5, 5.41) is 5.80. The van der Waals surface area contributed by atoms with Crippen molar-refractivity contribution in [2.24, 2.45) is 0 Å². The van der Waals surface area contributed by atoms with E-state index in [2.05, 4.69) is 15.4 Å². The van der Waals surface area contributed by atoms with E-state index >= 15 is 0 Å². The number of methoxy groups -OCH3 is 1. The molecule has 0 saturated heterocycles. The summed E-state index contributed by atoms with van der Waals surface area (Å²) in [5.74, 6) is -0.740. The number of benzene rings is 2. The summed E-state index contributed by atoms with van der Waals surface area (Å²) in [6.07, 6.45) is 1.89. The normalized spacial score (nSPS) is 13.5. The number of ether oxygens (including phenoxy) is 1. The Hall–Kier alpha value is -2.62. The van der Waals surface area contributed by atoms with Gasteiger partial charge in [0, 0.05) is 23.2 Å². The van der Waals surface area contributed by atoms with Crippen LogP contribution in [0.25, 0.3) is 0 Å². The van der Waals surface area contributed by atoms with E-state index in [1.807, 2.05) is 0 Å². The first kappa shape index (κ1) is 22.1. The van der Waals surface area contributed by atoms with Crippen LogP contribution in [0.1, 0.15) is 28.8 Å². The van der Waals surface area contributed by atoms with Crippen LogP contribution in [-0.4, -0.2) is 39.9 Å². The third-order valence-corrected chi connectivity index (χ3v) is 6.12. The van der Waals surface area contributed by atoms with Gasteiger partial charge < -0.3 is 15.4 Å². The van der Waals surface area contributed by atoms with E-state index in [0.29, 0.717) is 5.02 Å². The van der Waals surface area contributed by atoms with E-state index in [1.54, 1.807) is 24.3 Å². The molecule has 8 nitrogen and oxygen atoms in total. The lowest BCUT2D eigenvalue weighted by molar-refractivity contribution is -0.120. The average molecular weight is 452 g/mol. The van der Waals surface area contributed by atoms with Crippen LogP contribution in [0.5, 0.6) is 5.75 Å². The molecule has 3 N–H and O–H groups in total. The van der Waals surface area contributed by atoms with Crippen molar-refractivity contribution in [2.45, 2.75) is 30.3 Å². The van der Waals surface area contributed by atoms with Gasteiger partial charge in [-0.2, -0.15) is 0 Å². The summed E-state index contributed by atoms with van der Waals surface area (Å²) in [6.45, 7) is -0.140. The highest BCUT2D eigenvalue weighted by Gasteiger charge is 2.24. The maximum atomic E-state index is 12.8. The van der Waals surface area contributed by atoms with Gasteiger partial charge in [0.25, 0.3) is 5.91 Å². The van der Waals surface area contributed by atoms with Gasteiger partial charge in [-0.05, 0) is 48.7 Å². The van der Waals surface area contributed by atoms with Gasteiger partial charge in [-0.25, -0.2) is 13.1 Å². The van der Waals surface area contributed by atoms with Crippen molar-refractivity contribution < 1.29 is 22.7 Å². The van der Waals surface area contributed by atoms with E-state index < -0.39 is 15.9 Å². The molecular weight excluding hydrogens is 430 g/mol. The van der Waals surface area contributed by atoms with E-state index in [9.17, 15) is 18.0 Å². The van der Waals surface area contributed by atoms with Crippen LogP contribution in [0, 0.1) is 0 Å². The molecule has 3 rings (SSSR count). The Morgan fingerprint density at radius 2 is 1.83 bits per heavy atom. The van der Waals surface area contributed by atoms with Gasteiger partial charge in [0.05, 0.1) is 13.7 Å². The van der Waals surface area contributed by atoms with Gasteiger partial charge in [0.1, 0.15) is 10.6 Å².